The number of benzene rings is 1. The highest BCUT2D eigenvalue weighted by Gasteiger charge is 2.05. The average molecular weight is 263 g/mol. The topological polar surface area (TPSA) is 62.3 Å². The number of rotatable bonds is 10. The van der Waals surface area contributed by atoms with E-state index in [1.165, 1.54) is 5.56 Å². The summed E-state index contributed by atoms with van der Waals surface area (Å²) in [6.07, 6.45) is 2.84. The molecule has 1 rings (SSSR count). The van der Waals surface area contributed by atoms with Gasteiger partial charge >= 0.3 is 0 Å². The molecule has 0 fully saturated rings. The molecule has 19 heavy (non-hydrogen) atoms. The summed E-state index contributed by atoms with van der Waals surface area (Å²) < 4.78 is 5.12. The van der Waals surface area contributed by atoms with Crippen molar-refractivity contribution in [1.82, 2.24) is 4.90 Å². The van der Waals surface area contributed by atoms with Gasteiger partial charge in [-0.15, -0.1) is 0 Å². The van der Waals surface area contributed by atoms with Crippen molar-refractivity contribution in [2.24, 2.45) is 5.73 Å². The van der Waals surface area contributed by atoms with Gasteiger partial charge in [0.25, 0.3) is 0 Å². The molecule has 0 saturated carbocycles. The largest absolute Gasteiger partial charge is 0.388 e. The minimum absolute atomic E-state index is 0.255. The monoisotopic (exact) mass is 263 g/mol. The van der Waals surface area contributed by atoms with E-state index in [0.29, 0.717) is 6.42 Å². The van der Waals surface area contributed by atoms with Gasteiger partial charge in [-0.3, -0.25) is 5.41 Å². The molecular weight excluding hydrogens is 238 g/mol. The van der Waals surface area contributed by atoms with E-state index < -0.39 is 0 Å². The predicted octanol–water partition coefficient (Wildman–Crippen LogP) is 1.89. The Balaban J connectivity index is 2.28. The van der Waals surface area contributed by atoms with Crippen LogP contribution in [0.4, 0.5) is 0 Å². The van der Waals surface area contributed by atoms with Crippen LogP contribution in [0.1, 0.15) is 18.4 Å². The minimum Gasteiger partial charge on any atom is -0.388 e. The fourth-order valence-corrected chi connectivity index (χ4v) is 1.99. The van der Waals surface area contributed by atoms with Crippen LogP contribution in [-0.4, -0.2) is 44.1 Å². The highest BCUT2D eigenvalue weighted by Crippen LogP contribution is 2.04. The Hall–Kier alpha value is -1.39. The molecule has 106 valence electrons. The molecule has 0 spiro atoms. The van der Waals surface area contributed by atoms with Gasteiger partial charge < -0.3 is 15.4 Å². The maximum absolute atomic E-state index is 7.30. The zero-order valence-corrected chi connectivity index (χ0v) is 11.8. The van der Waals surface area contributed by atoms with Crippen LogP contribution in [0.3, 0.4) is 0 Å². The fourth-order valence-electron chi connectivity index (χ4n) is 1.99. The Morgan fingerprint density at radius 3 is 2.58 bits per heavy atom. The maximum atomic E-state index is 7.30. The second kappa shape index (κ2) is 9.53. The highest BCUT2D eigenvalue weighted by atomic mass is 16.5. The Labute approximate surface area is 116 Å². The van der Waals surface area contributed by atoms with Crippen LogP contribution in [0.25, 0.3) is 0 Å². The van der Waals surface area contributed by atoms with Crippen molar-refractivity contribution >= 4 is 5.84 Å². The van der Waals surface area contributed by atoms with E-state index in [-0.39, 0.29) is 5.84 Å². The van der Waals surface area contributed by atoms with Crippen LogP contribution in [0, 0.1) is 5.41 Å². The van der Waals surface area contributed by atoms with E-state index in [2.05, 4.69) is 29.2 Å². The molecule has 4 heteroatoms. The van der Waals surface area contributed by atoms with Gasteiger partial charge in [-0.05, 0) is 24.9 Å². The number of aryl methyl sites for hydroxylation is 1. The van der Waals surface area contributed by atoms with Crippen molar-refractivity contribution in [1.29, 1.82) is 5.41 Å². The summed E-state index contributed by atoms with van der Waals surface area (Å²) in [5.74, 6) is 0.255. The maximum Gasteiger partial charge on any atom is 0.0918 e. The molecular formula is C15H25N3O. The first-order valence-electron chi connectivity index (χ1n) is 6.80. The summed E-state index contributed by atoms with van der Waals surface area (Å²) in [5.41, 5.74) is 6.79. The van der Waals surface area contributed by atoms with Crippen LogP contribution < -0.4 is 5.73 Å². The molecule has 1 aromatic carbocycles. The summed E-state index contributed by atoms with van der Waals surface area (Å²) in [5, 5.41) is 7.30. The number of ether oxygens (including phenoxy) is 1. The fraction of sp³-hybridized carbons (Fsp3) is 0.533. The summed E-state index contributed by atoms with van der Waals surface area (Å²) in [6, 6.07) is 10.5. The molecule has 0 aliphatic carbocycles. The molecule has 0 unspecified atom stereocenters. The molecule has 1 aromatic rings. The van der Waals surface area contributed by atoms with Gasteiger partial charge in [-0.25, -0.2) is 0 Å². The first kappa shape index (κ1) is 15.7. The van der Waals surface area contributed by atoms with Crippen molar-refractivity contribution in [3.8, 4) is 0 Å². The van der Waals surface area contributed by atoms with Gasteiger partial charge in [0.1, 0.15) is 0 Å². The van der Waals surface area contributed by atoms with E-state index in [9.17, 15) is 0 Å². The van der Waals surface area contributed by atoms with E-state index in [4.69, 9.17) is 15.9 Å². The molecule has 3 N–H and O–H groups in total. The Bertz CT molecular complexity index is 354. The summed E-state index contributed by atoms with van der Waals surface area (Å²) in [6.45, 7) is 3.49. The quantitative estimate of drug-likeness (QED) is 0.500. The van der Waals surface area contributed by atoms with Crippen LogP contribution in [0.2, 0.25) is 0 Å². The highest BCUT2D eigenvalue weighted by molar-refractivity contribution is 5.76. The Morgan fingerprint density at radius 1 is 1.21 bits per heavy atom. The molecule has 0 atom stereocenters. The van der Waals surface area contributed by atoms with Gasteiger partial charge in [-0.1, -0.05) is 30.3 Å². The number of nitrogens with one attached hydrogen (secondary N) is 1. The second-order valence-electron chi connectivity index (χ2n) is 4.70. The van der Waals surface area contributed by atoms with Crippen molar-refractivity contribution in [2.45, 2.75) is 19.3 Å². The van der Waals surface area contributed by atoms with Gasteiger partial charge in [0.2, 0.25) is 0 Å². The number of hydrogen-bond donors (Lipinski definition) is 2. The zero-order valence-electron chi connectivity index (χ0n) is 11.8. The van der Waals surface area contributed by atoms with Crippen LogP contribution >= 0.6 is 0 Å². The second-order valence-corrected chi connectivity index (χ2v) is 4.70. The van der Waals surface area contributed by atoms with Gasteiger partial charge in [0.05, 0.1) is 12.4 Å². The molecule has 0 aliphatic rings. The molecule has 0 saturated heterocycles. The van der Waals surface area contributed by atoms with E-state index >= 15 is 0 Å². The third-order valence-corrected chi connectivity index (χ3v) is 3.09. The Kier molecular flexibility index (Phi) is 7.86. The molecule has 0 radical (unpaired) electrons. The van der Waals surface area contributed by atoms with Crippen LogP contribution in [-0.2, 0) is 11.2 Å². The SMILES string of the molecule is COCCN(CCCc1ccccc1)CCC(=N)N. The molecule has 0 heterocycles. The molecule has 4 nitrogen and oxygen atoms in total. The lowest BCUT2D eigenvalue weighted by atomic mass is 10.1. The lowest BCUT2D eigenvalue weighted by Crippen LogP contribution is -2.32. The summed E-state index contributed by atoms with van der Waals surface area (Å²) in [4.78, 5) is 2.31. The minimum atomic E-state index is 0.255. The number of nitrogens with zero attached hydrogens (tertiary/aromatic N) is 1. The lowest BCUT2D eigenvalue weighted by Gasteiger charge is -2.21. The third-order valence-electron chi connectivity index (χ3n) is 3.09. The molecule has 0 amide bonds. The number of amidine groups is 1. The summed E-state index contributed by atoms with van der Waals surface area (Å²) >= 11 is 0. The Morgan fingerprint density at radius 2 is 1.95 bits per heavy atom. The van der Waals surface area contributed by atoms with Gasteiger partial charge in [-0.2, -0.15) is 0 Å². The smallest absolute Gasteiger partial charge is 0.0918 e. The van der Waals surface area contributed by atoms with E-state index in [0.717, 1.165) is 39.1 Å². The normalized spacial score (nSPS) is 10.8. The average Bonchev–Trinajstić information content (AvgIpc) is 2.42. The molecule has 0 aliphatic heterocycles. The number of nitrogens with two attached hydrogens (primary N) is 1. The number of hydrogen-bond acceptors (Lipinski definition) is 3. The standard InChI is InChI=1S/C15H25N3O/c1-19-13-12-18(11-9-15(16)17)10-5-8-14-6-3-2-4-7-14/h2-4,6-7H,5,8-13H2,1H3,(H3,16,17). The van der Waals surface area contributed by atoms with Crippen molar-refractivity contribution in [3.05, 3.63) is 35.9 Å². The summed E-state index contributed by atoms with van der Waals surface area (Å²) in [7, 11) is 1.72. The first-order valence-corrected chi connectivity index (χ1v) is 6.80. The van der Waals surface area contributed by atoms with Crippen molar-refractivity contribution in [2.75, 3.05) is 33.4 Å². The lowest BCUT2D eigenvalue weighted by molar-refractivity contribution is 0.148. The van der Waals surface area contributed by atoms with Crippen LogP contribution in [0.15, 0.2) is 30.3 Å². The van der Waals surface area contributed by atoms with Gasteiger partial charge in [0, 0.05) is 26.6 Å². The van der Waals surface area contributed by atoms with Crippen LogP contribution in [0.5, 0.6) is 0 Å². The van der Waals surface area contributed by atoms with Crippen molar-refractivity contribution in [3.63, 3.8) is 0 Å². The van der Waals surface area contributed by atoms with Gasteiger partial charge in [0.15, 0.2) is 0 Å². The third kappa shape index (κ3) is 7.59. The first-order chi connectivity index (χ1) is 9.22. The van der Waals surface area contributed by atoms with Crippen molar-refractivity contribution < 1.29 is 4.74 Å². The predicted molar refractivity (Wildman–Crippen MR) is 79.6 cm³/mol. The molecule has 0 aromatic heterocycles. The molecule has 0 bridgehead atoms. The van der Waals surface area contributed by atoms with E-state index in [1.54, 1.807) is 7.11 Å². The number of methoxy groups -OCH3 is 1. The zero-order chi connectivity index (χ0) is 13.9. The van der Waals surface area contributed by atoms with E-state index in [1.807, 2.05) is 6.07 Å².